The third-order valence-electron chi connectivity index (χ3n) is 5.33. The van der Waals surface area contributed by atoms with E-state index in [2.05, 4.69) is 18.7 Å². The molecule has 0 aromatic rings. The van der Waals surface area contributed by atoms with Crippen molar-refractivity contribution in [3.63, 3.8) is 0 Å². The maximum absolute atomic E-state index is 2.83. The van der Waals surface area contributed by atoms with E-state index in [1.165, 1.54) is 12.3 Å². The summed E-state index contributed by atoms with van der Waals surface area (Å²) in [5, 5.41) is 0. The van der Waals surface area contributed by atoms with Gasteiger partial charge in [-0.25, -0.2) is 0 Å². The van der Waals surface area contributed by atoms with E-state index in [1.54, 1.807) is 12.8 Å². The number of hydrogen-bond donors (Lipinski definition) is 0. The Hall–Kier alpha value is -0.0400. The molecule has 4 aliphatic rings. The second kappa shape index (κ2) is 1.50. The van der Waals surface area contributed by atoms with Crippen LogP contribution in [0.1, 0.15) is 33.1 Å². The zero-order valence-electron chi connectivity index (χ0n) is 7.96. The lowest BCUT2D eigenvalue weighted by Crippen LogP contribution is -2.28. The highest BCUT2D eigenvalue weighted by Crippen LogP contribution is 2.86. The van der Waals surface area contributed by atoms with Crippen LogP contribution in [0.4, 0.5) is 0 Å². The van der Waals surface area contributed by atoms with Crippen molar-refractivity contribution >= 4 is 0 Å². The van der Waals surface area contributed by atoms with Crippen molar-refractivity contribution in [2.24, 2.45) is 17.8 Å². The third kappa shape index (κ3) is 0.414. The fraction of sp³-hybridized carbons (Fsp3) is 1.00. The molecule has 3 aliphatic carbocycles. The molecular formula is C11H17N. The van der Waals surface area contributed by atoms with Gasteiger partial charge < -0.3 is 0 Å². The fourth-order valence-corrected chi connectivity index (χ4v) is 4.57. The van der Waals surface area contributed by atoms with Crippen molar-refractivity contribution in [1.29, 1.82) is 0 Å². The number of rotatable bonds is 1. The van der Waals surface area contributed by atoms with Gasteiger partial charge >= 0.3 is 0 Å². The normalized spacial score (nSPS) is 76.5. The van der Waals surface area contributed by atoms with E-state index in [-0.39, 0.29) is 0 Å². The maximum atomic E-state index is 2.83. The molecule has 1 nitrogen and oxygen atoms in total. The highest BCUT2D eigenvalue weighted by atomic mass is 15.5. The van der Waals surface area contributed by atoms with Crippen LogP contribution in [0.25, 0.3) is 0 Å². The summed E-state index contributed by atoms with van der Waals surface area (Å²) >= 11 is 0. The van der Waals surface area contributed by atoms with Gasteiger partial charge in [-0.05, 0) is 44.4 Å². The highest BCUT2D eigenvalue weighted by Gasteiger charge is 2.91. The lowest BCUT2D eigenvalue weighted by molar-refractivity contribution is 0.225. The first-order chi connectivity index (χ1) is 5.79. The van der Waals surface area contributed by atoms with Gasteiger partial charge in [0.05, 0.1) is 0 Å². The van der Waals surface area contributed by atoms with Crippen LogP contribution >= 0.6 is 0 Å². The Balaban J connectivity index is 1.65. The summed E-state index contributed by atoms with van der Waals surface area (Å²) in [6.45, 7) is 4.81. The minimum Gasteiger partial charge on any atom is -0.288 e. The molecule has 1 heteroatoms. The molecule has 4 rings (SSSR count). The highest BCUT2D eigenvalue weighted by molar-refractivity contribution is 5.43. The van der Waals surface area contributed by atoms with Crippen LogP contribution in [0.2, 0.25) is 0 Å². The Labute approximate surface area is 74.1 Å². The van der Waals surface area contributed by atoms with Gasteiger partial charge in [0.25, 0.3) is 0 Å². The van der Waals surface area contributed by atoms with Gasteiger partial charge in [-0.3, -0.25) is 4.90 Å². The van der Waals surface area contributed by atoms with Gasteiger partial charge in [-0.1, -0.05) is 6.42 Å². The molecule has 4 fully saturated rings. The van der Waals surface area contributed by atoms with E-state index >= 15 is 0 Å². The van der Waals surface area contributed by atoms with Crippen molar-refractivity contribution in [3.05, 3.63) is 0 Å². The zero-order chi connectivity index (χ0) is 8.09. The molecule has 5 atom stereocenters. The summed E-state index contributed by atoms with van der Waals surface area (Å²) in [6, 6.07) is 1.83. The van der Waals surface area contributed by atoms with E-state index < -0.39 is 0 Å². The molecule has 1 saturated heterocycles. The Morgan fingerprint density at radius 2 is 1.67 bits per heavy atom. The first-order valence-corrected chi connectivity index (χ1v) is 5.58. The summed E-state index contributed by atoms with van der Waals surface area (Å²) in [4.78, 5) is 2.83. The number of fused-ring (bicyclic) bond motifs is 2. The summed E-state index contributed by atoms with van der Waals surface area (Å²) in [6.07, 6.45) is 4.64. The minimum absolute atomic E-state index is 0.817. The van der Waals surface area contributed by atoms with Crippen molar-refractivity contribution in [3.8, 4) is 0 Å². The van der Waals surface area contributed by atoms with E-state index in [0.29, 0.717) is 0 Å². The average Bonchev–Trinajstić information content (AvgIpc) is 2.98. The number of hydrogen-bond acceptors (Lipinski definition) is 1. The summed E-state index contributed by atoms with van der Waals surface area (Å²) in [5.41, 5.74) is 0.817. The van der Waals surface area contributed by atoms with Gasteiger partial charge in [0.2, 0.25) is 0 Å². The molecule has 1 heterocycles. The van der Waals surface area contributed by atoms with Gasteiger partial charge in [0, 0.05) is 17.6 Å². The molecule has 3 saturated carbocycles. The molecule has 12 heavy (non-hydrogen) atoms. The van der Waals surface area contributed by atoms with Gasteiger partial charge in [-0.2, -0.15) is 0 Å². The summed E-state index contributed by atoms with van der Waals surface area (Å²) in [7, 11) is 0. The molecule has 0 radical (unpaired) electrons. The number of nitrogens with zero attached hydrogens (tertiary/aromatic N) is 1. The van der Waals surface area contributed by atoms with Crippen LogP contribution in [-0.2, 0) is 0 Å². The van der Waals surface area contributed by atoms with E-state index in [9.17, 15) is 0 Å². The van der Waals surface area contributed by atoms with Crippen LogP contribution in [0.5, 0.6) is 0 Å². The Bertz CT molecular complexity index is 230. The first kappa shape index (κ1) is 6.42. The molecule has 0 spiro atoms. The minimum atomic E-state index is 0.817. The Kier molecular flexibility index (Phi) is 0.800. The lowest BCUT2D eigenvalue weighted by Gasteiger charge is -2.26. The zero-order valence-corrected chi connectivity index (χ0v) is 7.96. The summed E-state index contributed by atoms with van der Waals surface area (Å²) < 4.78 is 0. The largest absolute Gasteiger partial charge is 0.288 e. The second-order valence-electron chi connectivity index (χ2n) is 5.45. The van der Waals surface area contributed by atoms with Crippen LogP contribution in [-0.4, -0.2) is 22.5 Å². The topological polar surface area (TPSA) is 3.01 Å². The van der Waals surface area contributed by atoms with E-state index in [4.69, 9.17) is 0 Å². The van der Waals surface area contributed by atoms with Crippen molar-refractivity contribution in [2.45, 2.75) is 50.7 Å². The predicted octanol–water partition coefficient (Wildman–Crippen LogP) is 1.88. The maximum Gasteiger partial charge on any atom is 0.0314 e. The first-order valence-electron chi connectivity index (χ1n) is 5.58. The Morgan fingerprint density at radius 1 is 1.08 bits per heavy atom. The monoisotopic (exact) mass is 163 g/mol. The van der Waals surface area contributed by atoms with Crippen molar-refractivity contribution in [1.82, 2.24) is 4.90 Å². The third-order valence-corrected chi connectivity index (χ3v) is 5.33. The molecule has 66 valence electrons. The van der Waals surface area contributed by atoms with Gasteiger partial charge in [0.15, 0.2) is 0 Å². The van der Waals surface area contributed by atoms with E-state index in [1.807, 2.05) is 0 Å². The molecule has 0 amide bonds. The van der Waals surface area contributed by atoms with Crippen molar-refractivity contribution < 1.29 is 0 Å². The van der Waals surface area contributed by atoms with E-state index in [0.717, 1.165) is 29.5 Å². The molecule has 1 aliphatic heterocycles. The van der Waals surface area contributed by atoms with Crippen molar-refractivity contribution in [2.75, 3.05) is 0 Å². The quantitative estimate of drug-likeness (QED) is 0.533. The van der Waals surface area contributed by atoms with Crippen LogP contribution in [0.15, 0.2) is 0 Å². The van der Waals surface area contributed by atoms with Gasteiger partial charge in [-0.15, -0.1) is 0 Å². The lowest BCUT2D eigenvalue weighted by atomic mass is 9.86. The average molecular weight is 163 g/mol. The van der Waals surface area contributed by atoms with Crippen LogP contribution in [0, 0.1) is 17.8 Å². The van der Waals surface area contributed by atoms with Crippen LogP contribution < -0.4 is 0 Å². The molecule has 0 aromatic heterocycles. The summed E-state index contributed by atoms with van der Waals surface area (Å²) in [5.74, 6) is 3.49. The molecule has 0 aromatic carbocycles. The van der Waals surface area contributed by atoms with Gasteiger partial charge in [0.1, 0.15) is 0 Å². The SMILES string of the molecule is C[C@@H]1[C@H](C)N1C12C3CCCC1C32. The van der Waals surface area contributed by atoms with Crippen LogP contribution in [0.3, 0.4) is 0 Å². The second-order valence-corrected chi connectivity index (χ2v) is 5.45. The molecular weight excluding hydrogens is 146 g/mol. The standard InChI is InChI=1S/C11H17N/c1-6-7(2)12(6)11-8-4-3-5-9(11)10(8)11/h6-10H,3-5H2,1-2H3/t6-,7+,8?,9?,10?,11?,12?. The predicted molar refractivity (Wildman–Crippen MR) is 47.8 cm³/mol. The molecule has 3 unspecified atom stereocenters. The fourth-order valence-electron chi connectivity index (χ4n) is 4.57. The molecule has 0 bridgehead atoms. The molecule has 0 N–H and O–H groups in total. The smallest absolute Gasteiger partial charge is 0.0314 e. The Morgan fingerprint density at radius 3 is 2.08 bits per heavy atom.